The van der Waals surface area contributed by atoms with Gasteiger partial charge in [-0.1, -0.05) is 31.4 Å². The van der Waals surface area contributed by atoms with Crippen LogP contribution in [0, 0.1) is 0 Å². The first kappa shape index (κ1) is 26.7. The van der Waals surface area contributed by atoms with E-state index >= 15 is 0 Å². The highest BCUT2D eigenvalue weighted by molar-refractivity contribution is 5.95. The number of likely N-dealkylation sites (tertiary alicyclic amines) is 1. The van der Waals surface area contributed by atoms with Crippen molar-refractivity contribution in [1.29, 1.82) is 0 Å². The number of carbonyl (C=O) groups is 2. The second-order valence-electron chi connectivity index (χ2n) is 11.4. The third-order valence-corrected chi connectivity index (χ3v) is 8.64. The van der Waals surface area contributed by atoms with E-state index in [4.69, 9.17) is 15.0 Å². The Balaban J connectivity index is 1.24. The molecule has 1 saturated carbocycles. The number of hydrogen-bond acceptors (Lipinski definition) is 7. The number of carbonyl (C=O) groups excluding carboxylic acids is 2. The Morgan fingerprint density at radius 2 is 1.75 bits per heavy atom. The number of aromatic nitrogens is 4. The number of anilines is 1. The summed E-state index contributed by atoms with van der Waals surface area (Å²) in [4.78, 5) is 45.8. The van der Waals surface area contributed by atoms with Gasteiger partial charge in [-0.2, -0.15) is 0 Å². The van der Waals surface area contributed by atoms with Crippen molar-refractivity contribution in [2.75, 3.05) is 58.2 Å². The average molecular weight is 545 g/mol. The zero-order valence-electron chi connectivity index (χ0n) is 23.5. The van der Waals surface area contributed by atoms with E-state index in [0.717, 1.165) is 87.5 Å². The highest BCUT2D eigenvalue weighted by atomic mass is 16.2. The second kappa shape index (κ2) is 11.9. The Morgan fingerprint density at radius 3 is 2.48 bits per heavy atom. The van der Waals surface area contributed by atoms with Gasteiger partial charge in [-0.3, -0.25) is 9.59 Å². The molecule has 2 amide bonds. The summed E-state index contributed by atoms with van der Waals surface area (Å²) in [5, 5.41) is 3.50. The number of amides is 2. The van der Waals surface area contributed by atoms with Crippen molar-refractivity contribution in [3.63, 3.8) is 0 Å². The molecular weight excluding hydrogens is 504 g/mol. The highest BCUT2D eigenvalue weighted by Crippen LogP contribution is 2.32. The first-order valence-electron chi connectivity index (χ1n) is 14.9. The molecule has 0 radical (unpaired) electrons. The van der Waals surface area contributed by atoms with Crippen LogP contribution in [-0.4, -0.2) is 98.9 Å². The fourth-order valence-corrected chi connectivity index (χ4v) is 6.17. The number of fused-ring (bicyclic) bond motifs is 1. The summed E-state index contributed by atoms with van der Waals surface area (Å²) in [5.41, 5.74) is 3.20. The Hall–Kier alpha value is -3.53. The maximum atomic E-state index is 13.1. The lowest BCUT2D eigenvalue weighted by molar-refractivity contribution is -0.127. The Morgan fingerprint density at radius 1 is 0.975 bits per heavy atom. The number of benzene rings is 1. The summed E-state index contributed by atoms with van der Waals surface area (Å²) >= 11 is 0. The molecule has 10 nitrogen and oxygen atoms in total. The van der Waals surface area contributed by atoms with Crippen LogP contribution in [0.1, 0.15) is 67.8 Å². The van der Waals surface area contributed by atoms with E-state index in [1.165, 1.54) is 19.3 Å². The summed E-state index contributed by atoms with van der Waals surface area (Å²) in [6.45, 7) is 5.62. The number of piperazine rings is 1. The van der Waals surface area contributed by atoms with Gasteiger partial charge in [0, 0.05) is 69.4 Å². The first-order chi connectivity index (χ1) is 19.6. The maximum absolute atomic E-state index is 13.1. The van der Waals surface area contributed by atoms with Crippen LogP contribution in [0.25, 0.3) is 22.6 Å². The smallest absolute Gasteiger partial charge is 0.253 e. The van der Waals surface area contributed by atoms with Gasteiger partial charge in [-0.25, -0.2) is 15.0 Å². The topological polar surface area (TPSA) is 99.5 Å². The normalized spacial score (nSPS) is 19.1. The number of nitrogens with one attached hydrogen (secondary N) is 1. The fourth-order valence-electron chi connectivity index (χ4n) is 6.17. The molecular formula is C30H40N8O2. The summed E-state index contributed by atoms with van der Waals surface area (Å²) in [5.74, 6) is 1.68. The molecule has 0 bridgehead atoms. The van der Waals surface area contributed by atoms with Crippen LogP contribution in [0.2, 0.25) is 0 Å². The fraction of sp³-hybridized carbons (Fsp3) is 0.567. The van der Waals surface area contributed by atoms with Gasteiger partial charge in [0.05, 0.1) is 6.33 Å². The molecule has 2 saturated heterocycles. The molecule has 212 valence electrons. The predicted molar refractivity (Wildman–Crippen MR) is 155 cm³/mol. The molecule has 10 heteroatoms. The van der Waals surface area contributed by atoms with Gasteiger partial charge < -0.3 is 24.6 Å². The molecule has 1 aromatic carbocycles. The lowest BCUT2D eigenvalue weighted by atomic mass is 9.95. The van der Waals surface area contributed by atoms with E-state index in [9.17, 15) is 9.59 Å². The van der Waals surface area contributed by atoms with Gasteiger partial charge in [0.15, 0.2) is 17.3 Å². The van der Waals surface area contributed by atoms with E-state index in [0.29, 0.717) is 30.4 Å². The largest absolute Gasteiger partial charge is 0.368 e. The minimum absolute atomic E-state index is 0.0743. The lowest BCUT2D eigenvalue weighted by Gasteiger charge is -2.32. The molecule has 0 spiro atoms. The zero-order valence-corrected chi connectivity index (χ0v) is 23.5. The van der Waals surface area contributed by atoms with Crippen LogP contribution in [0.15, 0.2) is 30.6 Å². The molecule has 4 heterocycles. The van der Waals surface area contributed by atoms with Crippen LogP contribution in [0.4, 0.5) is 5.82 Å². The SMILES string of the molecule is CN1CCN(C(=O)c2ccc(-c3nc(NCCCN4CCCC4=O)c4ncn(C5CCCCC5)c4n3)cc2)CC1. The van der Waals surface area contributed by atoms with Crippen molar-refractivity contribution < 1.29 is 9.59 Å². The molecule has 0 atom stereocenters. The second-order valence-corrected chi connectivity index (χ2v) is 11.4. The molecule has 1 aliphatic carbocycles. The van der Waals surface area contributed by atoms with Gasteiger partial charge >= 0.3 is 0 Å². The first-order valence-corrected chi connectivity index (χ1v) is 14.9. The summed E-state index contributed by atoms with van der Waals surface area (Å²) in [6, 6.07) is 8.09. The third kappa shape index (κ3) is 5.68. The van der Waals surface area contributed by atoms with Gasteiger partial charge in [0.1, 0.15) is 5.52 Å². The van der Waals surface area contributed by atoms with Crippen molar-refractivity contribution in [2.45, 2.75) is 57.4 Å². The van der Waals surface area contributed by atoms with E-state index in [1.807, 2.05) is 40.4 Å². The standard InChI is InChI=1S/C30H40N8O2/c1-35-17-19-37(20-18-35)30(40)23-12-10-22(11-13-23)27-33-28(31-14-6-16-36-15-5-9-25(36)39)26-29(34-27)38(21-32-26)24-7-3-2-4-8-24/h10-13,21,24H,2-9,14-20H2,1H3,(H,31,33,34). The molecule has 40 heavy (non-hydrogen) atoms. The molecule has 1 N–H and O–H groups in total. The summed E-state index contributed by atoms with van der Waals surface area (Å²) in [7, 11) is 2.09. The summed E-state index contributed by atoms with van der Waals surface area (Å²) in [6.07, 6.45) is 10.4. The van der Waals surface area contributed by atoms with Crippen LogP contribution < -0.4 is 5.32 Å². The molecule has 2 aliphatic heterocycles. The molecule has 3 aliphatic rings. The number of rotatable bonds is 8. The predicted octanol–water partition coefficient (Wildman–Crippen LogP) is 3.81. The Kier molecular flexibility index (Phi) is 7.95. The van der Waals surface area contributed by atoms with Crippen molar-refractivity contribution in [3.8, 4) is 11.4 Å². The average Bonchev–Trinajstić information content (AvgIpc) is 3.61. The minimum atomic E-state index is 0.0743. The van der Waals surface area contributed by atoms with Crippen LogP contribution in [0.3, 0.4) is 0 Å². The van der Waals surface area contributed by atoms with E-state index in [2.05, 4.69) is 21.8 Å². The van der Waals surface area contributed by atoms with Crippen LogP contribution in [-0.2, 0) is 4.79 Å². The van der Waals surface area contributed by atoms with Crippen molar-refractivity contribution in [2.24, 2.45) is 0 Å². The lowest BCUT2D eigenvalue weighted by Crippen LogP contribution is -2.47. The van der Waals surface area contributed by atoms with E-state index < -0.39 is 0 Å². The molecule has 6 rings (SSSR count). The highest BCUT2D eigenvalue weighted by Gasteiger charge is 2.23. The summed E-state index contributed by atoms with van der Waals surface area (Å²) < 4.78 is 2.24. The van der Waals surface area contributed by atoms with Gasteiger partial charge in [-0.15, -0.1) is 0 Å². The van der Waals surface area contributed by atoms with Gasteiger partial charge in [-0.05, 0) is 44.9 Å². The molecule has 0 unspecified atom stereocenters. The van der Waals surface area contributed by atoms with Gasteiger partial charge in [0.25, 0.3) is 5.91 Å². The third-order valence-electron chi connectivity index (χ3n) is 8.64. The minimum Gasteiger partial charge on any atom is -0.368 e. The monoisotopic (exact) mass is 544 g/mol. The zero-order chi connectivity index (χ0) is 27.5. The van der Waals surface area contributed by atoms with E-state index in [-0.39, 0.29) is 11.8 Å². The molecule has 3 aromatic rings. The Bertz CT molecular complexity index is 1340. The molecule has 2 aromatic heterocycles. The maximum Gasteiger partial charge on any atom is 0.253 e. The number of hydrogen-bond donors (Lipinski definition) is 1. The van der Waals surface area contributed by atoms with Crippen LogP contribution >= 0.6 is 0 Å². The van der Waals surface area contributed by atoms with Crippen LogP contribution in [0.5, 0.6) is 0 Å². The Labute approximate surface area is 235 Å². The quantitative estimate of drug-likeness (QED) is 0.431. The molecule has 3 fully saturated rings. The number of likely N-dealkylation sites (N-methyl/N-ethyl adjacent to an activating group) is 1. The van der Waals surface area contributed by atoms with E-state index in [1.54, 1.807) is 0 Å². The van der Waals surface area contributed by atoms with Crippen molar-refractivity contribution in [3.05, 3.63) is 36.2 Å². The van der Waals surface area contributed by atoms with Gasteiger partial charge in [0.2, 0.25) is 5.91 Å². The van der Waals surface area contributed by atoms with Crippen molar-refractivity contribution in [1.82, 2.24) is 34.2 Å². The van der Waals surface area contributed by atoms with Crippen molar-refractivity contribution >= 4 is 28.8 Å². The number of imidazole rings is 1. The number of nitrogens with zero attached hydrogens (tertiary/aromatic N) is 7.